The SMILES string of the molecule is COCCn1cnc2sc3c(c2c1=O)CCC(NCc1cccc(F)c1F)C3. The van der Waals surface area contributed by atoms with Gasteiger partial charge in [-0.15, -0.1) is 11.3 Å². The fourth-order valence-electron chi connectivity index (χ4n) is 3.66. The molecule has 1 aromatic carbocycles. The highest BCUT2D eigenvalue weighted by atomic mass is 32.1. The molecule has 0 saturated carbocycles. The lowest BCUT2D eigenvalue weighted by Crippen LogP contribution is -2.34. The van der Waals surface area contributed by atoms with E-state index >= 15 is 0 Å². The first-order valence-electron chi connectivity index (χ1n) is 9.23. The Kier molecular flexibility index (Phi) is 5.52. The summed E-state index contributed by atoms with van der Waals surface area (Å²) in [6.45, 7) is 1.21. The van der Waals surface area contributed by atoms with Crippen molar-refractivity contribution in [2.45, 2.75) is 38.4 Å². The van der Waals surface area contributed by atoms with Crippen LogP contribution in [0.4, 0.5) is 8.78 Å². The molecule has 0 fully saturated rings. The molecular weight excluding hydrogens is 384 g/mol. The average Bonchev–Trinajstić information content (AvgIpc) is 3.07. The van der Waals surface area contributed by atoms with E-state index in [0.717, 1.165) is 40.6 Å². The summed E-state index contributed by atoms with van der Waals surface area (Å²) in [5.74, 6) is -1.63. The van der Waals surface area contributed by atoms with Crippen molar-refractivity contribution in [3.05, 3.63) is 62.5 Å². The first-order chi connectivity index (χ1) is 13.6. The van der Waals surface area contributed by atoms with Crippen molar-refractivity contribution >= 4 is 21.6 Å². The molecule has 5 nitrogen and oxygen atoms in total. The second kappa shape index (κ2) is 8.06. The molecule has 0 aliphatic heterocycles. The molecule has 1 aliphatic carbocycles. The van der Waals surface area contributed by atoms with E-state index in [9.17, 15) is 13.6 Å². The minimum absolute atomic E-state index is 0.0206. The minimum atomic E-state index is -0.828. The van der Waals surface area contributed by atoms with Gasteiger partial charge in [-0.3, -0.25) is 9.36 Å². The Balaban J connectivity index is 1.52. The number of benzene rings is 1. The zero-order chi connectivity index (χ0) is 19.7. The van der Waals surface area contributed by atoms with Gasteiger partial charge in [0.1, 0.15) is 4.83 Å². The third kappa shape index (κ3) is 3.59. The van der Waals surface area contributed by atoms with Crippen molar-refractivity contribution in [3.8, 4) is 0 Å². The number of hydrogen-bond donors (Lipinski definition) is 1. The molecule has 0 saturated heterocycles. The van der Waals surface area contributed by atoms with Crippen LogP contribution in [0.1, 0.15) is 22.4 Å². The van der Waals surface area contributed by atoms with Gasteiger partial charge in [-0.1, -0.05) is 12.1 Å². The highest BCUT2D eigenvalue weighted by Gasteiger charge is 2.25. The molecule has 2 aromatic heterocycles. The number of aromatic nitrogens is 2. The van der Waals surface area contributed by atoms with Crippen molar-refractivity contribution in [2.75, 3.05) is 13.7 Å². The third-order valence-electron chi connectivity index (χ3n) is 5.18. The van der Waals surface area contributed by atoms with Crippen molar-refractivity contribution < 1.29 is 13.5 Å². The number of nitrogens with zero attached hydrogens (tertiary/aromatic N) is 2. The quantitative estimate of drug-likeness (QED) is 0.685. The van der Waals surface area contributed by atoms with Gasteiger partial charge in [-0.05, 0) is 30.9 Å². The van der Waals surface area contributed by atoms with Crippen molar-refractivity contribution in [1.82, 2.24) is 14.9 Å². The highest BCUT2D eigenvalue weighted by Crippen LogP contribution is 2.33. The van der Waals surface area contributed by atoms with Crippen LogP contribution in [-0.2, 0) is 30.7 Å². The Morgan fingerprint density at radius 1 is 1.39 bits per heavy atom. The van der Waals surface area contributed by atoms with Crippen LogP contribution in [0.2, 0.25) is 0 Å². The zero-order valence-electron chi connectivity index (χ0n) is 15.5. The molecule has 1 atom stereocenters. The standard InChI is InChI=1S/C20H21F2N3O2S/c1-27-8-7-25-11-24-19-17(20(25)26)14-6-5-13(9-16(14)28-19)23-10-12-3-2-4-15(21)18(12)22/h2-4,11,13,23H,5-10H2,1H3. The molecule has 0 amide bonds. The maximum absolute atomic E-state index is 13.8. The van der Waals surface area contributed by atoms with E-state index in [1.807, 2.05) is 0 Å². The normalized spacial score (nSPS) is 16.5. The van der Waals surface area contributed by atoms with Gasteiger partial charge in [0.25, 0.3) is 5.56 Å². The van der Waals surface area contributed by atoms with Crippen molar-refractivity contribution in [3.63, 3.8) is 0 Å². The van der Waals surface area contributed by atoms with Gasteiger partial charge in [0.15, 0.2) is 11.6 Å². The Morgan fingerprint density at radius 3 is 3.07 bits per heavy atom. The number of ether oxygens (including phenoxy) is 1. The number of aryl methyl sites for hydroxylation is 1. The topological polar surface area (TPSA) is 56.2 Å². The second-order valence-corrected chi connectivity index (χ2v) is 8.04. The summed E-state index contributed by atoms with van der Waals surface area (Å²) in [5.41, 5.74) is 1.39. The van der Waals surface area contributed by atoms with Crippen LogP contribution < -0.4 is 10.9 Å². The molecule has 3 aromatic rings. The largest absolute Gasteiger partial charge is 0.383 e. The van der Waals surface area contributed by atoms with E-state index in [0.29, 0.717) is 24.1 Å². The monoisotopic (exact) mass is 405 g/mol. The van der Waals surface area contributed by atoms with Gasteiger partial charge in [0.05, 0.1) is 24.9 Å². The molecule has 148 valence electrons. The first kappa shape index (κ1) is 19.2. The summed E-state index contributed by atoms with van der Waals surface area (Å²) >= 11 is 1.55. The molecule has 1 N–H and O–H groups in total. The van der Waals surface area contributed by atoms with E-state index in [-0.39, 0.29) is 18.1 Å². The molecule has 8 heteroatoms. The van der Waals surface area contributed by atoms with Crippen LogP contribution in [0.25, 0.3) is 10.2 Å². The summed E-state index contributed by atoms with van der Waals surface area (Å²) in [6, 6.07) is 4.38. The molecule has 0 radical (unpaired) electrons. The van der Waals surface area contributed by atoms with Gasteiger partial charge in [-0.2, -0.15) is 0 Å². The van der Waals surface area contributed by atoms with E-state index in [1.54, 1.807) is 35.4 Å². The number of methoxy groups -OCH3 is 1. The Bertz CT molecular complexity index is 1060. The molecule has 2 heterocycles. The van der Waals surface area contributed by atoms with Crippen LogP contribution in [0, 0.1) is 11.6 Å². The third-order valence-corrected chi connectivity index (χ3v) is 6.35. The molecule has 1 aliphatic rings. The molecule has 0 spiro atoms. The van der Waals surface area contributed by atoms with E-state index in [4.69, 9.17) is 4.74 Å². The molecule has 1 unspecified atom stereocenters. The molecular formula is C20H21F2N3O2S. The molecule has 28 heavy (non-hydrogen) atoms. The first-order valence-corrected chi connectivity index (χ1v) is 10.0. The van der Waals surface area contributed by atoms with Gasteiger partial charge >= 0.3 is 0 Å². The number of halogens is 2. The lowest BCUT2D eigenvalue weighted by molar-refractivity contribution is 0.186. The van der Waals surface area contributed by atoms with Gasteiger partial charge in [-0.25, -0.2) is 13.8 Å². The smallest absolute Gasteiger partial charge is 0.262 e. The van der Waals surface area contributed by atoms with Crippen LogP contribution >= 0.6 is 11.3 Å². The minimum Gasteiger partial charge on any atom is -0.383 e. The Labute approximate surface area is 165 Å². The fourth-order valence-corrected chi connectivity index (χ4v) is 4.92. The second-order valence-electron chi connectivity index (χ2n) is 6.95. The Morgan fingerprint density at radius 2 is 2.25 bits per heavy atom. The maximum Gasteiger partial charge on any atom is 0.262 e. The number of hydrogen-bond acceptors (Lipinski definition) is 5. The molecule has 4 rings (SSSR count). The molecule has 0 bridgehead atoms. The number of rotatable bonds is 6. The summed E-state index contributed by atoms with van der Waals surface area (Å²) in [4.78, 5) is 19.2. The Hall–Kier alpha value is -2.16. The number of fused-ring (bicyclic) bond motifs is 3. The fraction of sp³-hybridized carbons (Fsp3) is 0.400. The summed E-state index contributed by atoms with van der Waals surface area (Å²) < 4.78 is 33.8. The van der Waals surface area contributed by atoms with Gasteiger partial charge in [0.2, 0.25) is 0 Å². The lowest BCUT2D eigenvalue weighted by atomic mass is 9.93. The van der Waals surface area contributed by atoms with Crippen LogP contribution in [0.5, 0.6) is 0 Å². The maximum atomic E-state index is 13.8. The van der Waals surface area contributed by atoms with Gasteiger partial charge < -0.3 is 10.1 Å². The van der Waals surface area contributed by atoms with E-state index in [2.05, 4.69) is 10.3 Å². The summed E-state index contributed by atoms with van der Waals surface area (Å²) in [7, 11) is 1.60. The number of nitrogens with one attached hydrogen (secondary N) is 1. The van der Waals surface area contributed by atoms with E-state index < -0.39 is 11.6 Å². The van der Waals surface area contributed by atoms with Crippen LogP contribution in [0.3, 0.4) is 0 Å². The van der Waals surface area contributed by atoms with E-state index in [1.165, 1.54) is 6.07 Å². The average molecular weight is 405 g/mol. The number of thiophene rings is 1. The van der Waals surface area contributed by atoms with Crippen LogP contribution in [-0.4, -0.2) is 29.3 Å². The predicted molar refractivity (Wildman–Crippen MR) is 105 cm³/mol. The summed E-state index contributed by atoms with van der Waals surface area (Å²) in [6.07, 6.45) is 3.94. The van der Waals surface area contributed by atoms with Crippen molar-refractivity contribution in [1.29, 1.82) is 0 Å². The zero-order valence-corrected chi connectivity index (χ0v) is 16.3. The summed E-state index contributed by atoms with van der Waals surface area (Å²) in [5, 5.41) is 4.04. The van der Waals surface area contributed by atoms with Crippen LogP contribution in [0.15, 0.2) is 29.3 Å². The lowest BCUT2D eigenvalue weighted by Gasteiger charge is -2.23. The van der Waals surface area contributed by atoms with Gasteiger partial charge in [0, 0.05) is 30.1 Å². The highest BCUT2D eigenvalue weighted by molar-refractivity contribution is 7.18. The predicted octanol–water partition coefficient (Wildman–Crippen LogP) is 3.03. The van der Waals surface area contributed by atoms with Crippen molar-refractivity contribution in [2.24, 2.45) is 0 Å².